The van der Waals surface area contributed by atoms with Crippen molar-refractivity contribution in [2.75, 3.05) is 11.1 Å². The van der Waals surface area contributed by atoms with Crippen LogP contribution in [-0.2, 0) is 4.74 Å². The largest absolute Gasteiger partial charge is 0.389 e. The average Bonchev–Trinajstić information content (AvgIpc) is 2.82. The molecule has 0 bridgehead atoms. The number of ether oxygens (including phenoxy) is 1. The molecular weight excluding hydrogens is 408 g/mol. The Bertz CT molecular complexity index is 1090. The fourth-order valence-electron chi connectivity index (χ4n) is 3.83. The van der Waals surface area contributed by atoms with E-state index in [2.05, 4.69) is 20.3 Å². The molecule has 9 heteroatoms. The Balaban J connectivity index is 1.60. The van der Waals surface area contributed by atoms with E-state index in [1.165, 1.54) is 6.20 Å². The van der Waals surface area contributed by atoms with E-state index >= 15 is 0 Å². The lowest BCUT2D eigenvalue weighted by atomic mass is 9.91. The first-order valence-corrected chi connectivity index (χ1v) is 10.5. The van der Waals surface area contributed by atoms with Crippen molar-refractivity contribution in [2.24, 2.45) is 5.73 Å². The van der Waals surface area contributed by atoms with E-state index in [-0.39, 0.29) is 17.6 Å². The minimum atomic E-state index is -0.730. The van der Waals surface area contributed by atoms with E-state index in [0.29, 0.717) is 24.2 Å². The second kappa shape index (κ2) is 9.39. The molecule has 3 aromatic rings. The topological polar surface area (TPSA) is 149 Å². The van der Waals surface area contributed by atoms with Crippen molar-refractivity contribution >= 4 is 17.4 Å². The maximum atomic E-state index is 13.1. The fraction of sp³-hybridized carbons (Fsp3) is 0.304. The van der Waals surface area contributed by atoms with Crippen molar-refractivity contribution < 1.29 is 14.6 Å². The number of anilines is 2. The smallest absolute Gasteiger partial charge is 0.278 e. The van der Waals surface area contributed by atoms with E-state index in [0.717, 1.165) is 11.1 Å². The minimum Gasteiger partial charge on any atom is -0.389 e. The fourth-order valence-corrected chi connectivity index (χ4v) is 3.83. The highest BCUT2D eigenvalue weighted by molar-refractivity contribution is 6.06. The van der Waals surface area contributed by atoms with Gasteiger partial charge in [0.15, 0.2) is 11.5 Å². The van der Waals surface area contributed by atoms with Crippen LogP contribution in [0.2, 0.25) is 0 Å². The van der Waals surface area contributed by atoms with Crippen LogP contribution in [0.15, 0.2) is 55.0 Å². The molecule has 1 aliphatic heterocycles. The maximum absolute atomic E-state index is 13.1. The van der Waals surface area contributed by atoms with Crippen LogP contribution in [-0.4, -0.2) is 44.2 Å². The van der Waals surface area contributed by atoms with E-state index < -0.39 is 24.2 Å². The molecule has 1 aromatic carbocycles. The van der Waals surface area contributed by atoms with Crippen LogP contribution < -0.4 is 16.8 Å². The van der Waals surface area contributed by atoms with Crippen molar-refractivity contribution in [3.05, 3.63) is 66.2 Å². The SMILES string of the molecule is CC[C@H]1O[C@@H](c2ccncc2NC(=O)c2nc(-c3ccccc3)cnc2N)C[C@@H](N)[C@@H]1O. The summed E-state index contributed by atoms with van der Waals surface area (Å²) in [6, 6.07) is 10.8. The van der Waals surface area contributed by atoms with Gasteiger partial charge < -0.3 is 26.6 Å². The first-order chi connectivity index (χ1) is 15.5. The Hall–Kier alpha value is -3.40. The quantitative estimate of drug-likeness (QED) is 0.478. The van der Waals surface area contributed by atoms with Crippen LogP contribution in [0.3, 0.4) is 0 Å². The van der Waals surface area contributed by atoms with Crippen LogP contribution in [0.4, 0.5) is 11.5 Å². The van der Waals surface area contributed by atoms with Gasteiger partial charge in [-0.25, -0.2) is 9.97 Å². The summed E-state index contributed by atoms with van der Waals surface area (Å²) in [6.07, 6.45) is 4.22. The normalized spacial score (nSPS) is 23.0. The van der Waals surface area contributed by atoms with Gasteiger partial charge in [0.2, 0.25) is 0 Å². The van der Waals surface area contributed by atoms with Gasteiger partial charge in [0.1, 0.15) is 0 Å². The Morgan fingerprint density at radius 3 is 2.78 bits per heavy atom. The molecule has 9 nitrogen and oxygen atoms in total. The molecular formula is C23H26N6O3. The number of carbonyl (C=O) groups excluding carboxylic acids is 1. The summed E-state index contributed by atoms with van der Waals surface area (Å²) in [5.74, 6) is -0.480. The van der Waals surface area contributed by atoms with Crippen molar-refractivity contribution in [3.8, 4) is 11.3 Å². The van der Waals surface area contributed by atoms with Crippen molar-refractivity contribution in [1.82, 2.24) is 15.0 Å². The first kappa shape index (κ1) is 21.8. The minimum absolute atomic E-state index is 0.0178. The summed E-state index contributed by atoms with van der Waals surface area (Å²) >= 11 is 0. The maximum Gasteiger partial charge on any atom is 0.278 e. The van der Waals surface area contributed by atoms with Gasteiger partial charge in [-0.15, -0.1) is 0 Å². The van der Waals surface area contributed by atoms with Crippen molar-refractivity contribution in [1.29, 1.82) is 0 Å². The van der Waals surface area contributed by atoms with Gasteiger partial charge in [-0.2, -0.15) is 0 Å². The molecule has 2 aromatic heterocycles. The molecule has 3 heterocycles. The third kappa shape index (κ3) is 4.45. The summed E-state index contributed by atoms with van der Waals surface area (Å²) in [7, 11) is 0. The molecule has 6 N–H and O–H groups in total. The lowest BCUT2D eigenvalue weighted by Crippen LogP contribution is -2.49. The number of rotatable bonds is 5. The summed E-state index contributed by atoms with van der Waals surface area (Å²) < 4.78 is 6.07. The van der Waals surface area contributed by atoms with Crippen LogP contribution in [0.25, 0.3) is 11.3 Å². The van der Waals surface area contributed by atoms with Gasteiger partial charge in [-0.3, -0.25) is 9.78 Å². The Morgan fingerprint density at radius 1 is 1.25 bits per heavy atom. The highest BCUT2D eigenvalue weighted by Crippen LogP contribution is 2.35. The van der Waals surface area contributed by atoms with Crippen molar-refractivity contribution in [2.45, 2.75) is 44.1 Å². The highest BCUT2D eigenvalue weighted by atomic mass is 16.5. The van der Waals surface area contributed by atoms with E-state index in [1.807, 2.05) is 37.3 Å². The molecule has 0 aliphatic carbocycles. The van der Waals surface area contributed by atoms with E-state index in [4.69, 9.17) is 16.2 Å². The molecule has 1 amide bonds. The molecule has 0 spiro atoms. The molecule has 4 atom stereocenters. The second-order valence-electron chi connectivity index (χ2n) is 7.73. The van der Waals surface area contributed by atoms with Gasteiger partial charge in [0.25, 0.3) is 5.91 Å². The number of amides is 1. The Kier molecular flexibility index (Phi) is 6.40. The van der Waals surface area contributed by atoms with Crippen LogP contribution in [0.5, 0.6) is 0 Å². The predicted octanol–water partition coefficient (Wildman–Crippen LogP) is 2.30. The van der Waals surface area contributed by atoms with Crippen LogP contribution in [0, 0.1) is 0 Å². The lowest BCUT2D eigenvalue weighted by molar-refractivity contribution is -0.128. The lowest BCUT2D eigenvalue weighted by Gasteiger charge is -2.38. The zero-order chi connectivity index (χ0) is 22.7. The summed E-state index contributed by atoms with van der Waals surface area (Å²) in [5.41, 5.74) is 14.7. The molecule has 166 valence electrons. The standard InChI is InChI=1S/C23H26N6O3/c1-2-18-21(30)15(24)10-19(32-18)14-8-9-26-11-17(14)29-23(31)20-22(25)27-12-16(28-20)13-6-4-3-5-7-13/h3-9,11-12,15,18-19,21,30H,2,10,24H2,1H3,(H2,25,27)(H,29,31)/t15-,18-,19-,21+/m1/s1. The summed E-state index contributed by atoms with van der Waals surface area (Å²) in [6.45, 7) is 1.93. The van der Waals surface area contributed by atoms with Gasteiger partial charge in [-0.05, 0) is 18.9 Å². The Labute approximate surface area is 185 Å². The number of nitrogens with zero attached hydrogens (tertiary/aromatic N) is 3. The molecule has 4 rings (SSSR count). The molecule has 1 aliphatic rings. The van der Waals surface area contributed by atoms with Crippen LogP contribution >= 0.6 is 0 Å². The van der Waals surface area contributed by atoms with Gasteiger partial charge in [0, 0.05) is 23.4 Å². The van der Waals surface area contributed by atoms with Gasteiger partial charge >= 0.3 is 0 Å². The van der Waals surface area contributed by atoms with Gasteiger partial charge in [0.05, 0.1) is 42.1 Å². The zero-order valence-corrected chi connectivity index (χ0v) is 17.7. The molecule has 32 heavy (non-hydrogen) atoms. The van der Waals surface area contributed by atoms with E-state index in [9.17, 15) is 9.90 Å². The first-order valence-electron chi connectivity index (χ1n) is 10.5. The summed E-state index contributed by atoms with van der Waals surface area (Å²) in [4.78, 5) is 25.8. The number of aliphatic hydroxyl groups is 1. The number of nitrogens with two attached hydrogens (primary N) is 2. The number of carbonyl (C=O) groups is 1. The van der Waals surface area contributed by atoms with E-state index in [1.54, 1.807) is 18.5 Å². The zero-order valence-electron chi connectivity index (χ0n) is 17.7. The summed E-state index contributed by atoms with van der Waals surface area (Å²) in [5, 5.41) is 13.1. The molecule has 0 radical (unpaired) electrons. The number of nitrogens with one attached hydrogen (secondary N) is 1. The number of benzene rings is 1. The molecule has 0 unspecified atom stereocenters. The monoisotopic (exact) mass is 434 g/mol. The highest BCUT2D eigenvalue weighted by Gasteiger charge is 2.36. The molecule has 1 fully saturated rings. The number of aliphatic hydroxyl groups excluding tert-OH is 1. The number of aromatic nitrogens is 3. The predicted molar refractivity (Wildman–Crippen MR) is 121 cm³/mol. The third-order valence-corrected chi connectivity index (χ3v) is 5.58. The average molecular weight is 435 g/mol. The number of hydrogen-bond donors (Lipinski definition) is 4. The second-order valence-corrected chi connectivity index (χ2v) is 7.73. The number of hydrogen-bond acceptors (Lipinski definition) is 8. The molecule has 1 saturated heterocycles. The molecule has 0 saturated carbocycles. The third-order valence-electron chi connectivity index (χ3n) is 5.58. The number of nitrogen functional groups attached to an aromatic ring is 1. The Morgan fingerprint density at radius 2 is 2.03 bits per heavy atom. The number of pyridine rings is 1. The van der Waals surface area contributed by atoms with Crippen molar-refractivity contribution in [3.63, 3.8) is 0 Å². The van der Waals surface area contributed by atoms with Gasteiger partial charge in [-0.1, -0.05) is 37.3 Å². The van der Waals surface area contributed by atoms with Crippen LogP contribution in [0.1, 0.15) is 41.9 Å².